The molecule has 1 aromatic carbocycles. The van der Waals surface area contributed by atoms with Gasteiger partial charge in [0.25, 0.3) is 0 Å². The van der Waals surface area contributed by atoms with E-state index in [0.717, 1.165) is 74.5 Å². The van der Waals surface area contributed by atoms with Crippen molar-refractivity contribution in [1.82, 2.24) is 24.5 Å². The van der Waals surface area contributed by atoms with Crippen LogP contribution in [-0.2, 0) is 4.74 Å². The maximum absolute atomic E-state index is 5.62. The van der Waals surface area contributed by atoms with Gasteiger partial charge in [-0.1, -0.05) is 30.3 Å². The highest BCUT2D eigenvalue weighted by Crippen LogP contribution is 2.31. The first-order valence-electron chi connectivity index (χ1n) is 11.9. The summed E-state index contributed by atoms with van der Waals surface area (Å²) >= 11 is 0. The zero-order valence-corrected chi connectivity index (χ0v) is 19.4. The molecule has 1 unspecified atom stereocenters. The highest BCUT2D eigenvalue weighted by molar-refractivity contribution is 5.68. The number of pyridine rings is 1. The van der Waals surface area contributed by atoms with Crippen LogP contribution in [-0.4, -0.2) is 77.5 Å². The summed E-state index contributed by atoms with van der Waals surface area (Å²) in [5, 5.41) is 4.94. The molecule has 174 valence electrons. The number of likely N-dealkylation sites (N-methyl/N-ethyl adjacent to an activating group) is 1. The SMILES string of the molecule is CN1CCN(c2cc(N3CCOCC3)n3nc(-c4ccncc4)cc3n2)CC1c1ccccc1. The van der Waals surface area contributed by atoms with E-state index in [1.54, 1.807) is 12.4 Å². The van der Waals surface area contributed by atoms with Gasteiger partial charge in [-0.2, -0.15) is 9.61 Å². The van der Waals surface area contributed by atoms with Crippen molar-refractivity contribution < 1.29 is 4.74 Å². The Labute approximate surface area is 199 Å². The number of hydrogen-bond donors (Lipinski definition) is 0. The van der Waals surface area contributed by atoms with Crippen molar-refractivity contribution in [2.75, 3.05) is 62.8 Å². The lowest BCUT2D eigenvalue weighted by atomic mass is 10.0. The van der Waals surface area contributed by atoms with E-state index < -0.39 is 0 Å². The molecule has 3 aromatic heterocycles. The number of ether oxygens (including phenoxy) is 1. The third-order valence-corrected chi connectivity index (χ3v) is 6.86. The van der Waals surface area contributed by atoms with Crippen molar-refractivity contribution in [2.24, 2.45) is 0 Å². The fourth-order valence-electron chi connectivity index (χ4n) is 4.91. The Hall–Kier alpha value is -3.49. The number of hydrogen-bond acceptors (Lipinski definition) is 7. The molecule has 2 saturated heterocycles. The van der Waals surface area contributed by atoms with Crippen LogP contribution in [0.1, 0.15) is 11.6 Å². The van der Waals surface area contributed by atoms with Gasteiger partial charge < -0.3 is 14.5 Å². The molecule has 1 atom stereocenters. The molecule has 0 bridgehead atoms. The molecule has 0 radical (unpaired) electrons. The van der Waals surface area contributed by atoms with E-state index >= 15 is 0 Å². The quantitative estimate of drug-likeness (QED) is 0.469. The van der Waals surface area contributed by atoms with E-state index in [-0.39, 0.29) is 0 Å². The second-order valence-electron chi connectivity index (χ2n) is 8.96. The average Bonchev–Trinajstić information content (AvgIpc) is 3.34. The Kier molecular flexibility index (Phi) is 5.60. The monoisotopic (exact) mass is 455 g/mol. The molecule has 0 spiro atoms. The van der Waals surface area contributed by atoms with E-state index in [0.29, 0.717) is 6.04 Å². The molecule has 2 aliphatic heterocycles. The van der Waals surface area contributed by atoms with Crippen LogP contribution in [0.15, 0.2) is 67.0 Å². The number of piperazine rings is 1. The number of nitrogens with zero attached hydrogens (tertiary/aromatic N) is 7. The number of aromatic nitrogens is 4. The number of benzene rings is 1. The molecule has 0 amide bonds. The molecule has 8 nitrogen and oxygen atoms in total. The van der Waals surface area contributed by atoms with Crippen LogP contribution < -0.4 is 9.80 Å². The fourth-order valence-corrected chi connectivity index (χ4v) is 4.91. The number of fused-ring (bicyclic) bond motifs is 1. The van der Waals surface area contributed by atoms with Crippen molar-refractivity contribution in [2.45, 2.75) is 6.04 Å². The Morgan fingerprint density at radius 1 is 0.882 bits per heavy atom. The minimum absolute atomic E-state index is 0.331. The van der Waals surface area contributed by atoms with Crippen LogP contribution in [0.3, 0.4) is 0 Å². The average molecular weight is 456 g/mol. The zero-order chi connectivity index (χ0) is 22.9. The molecule has 5 heterocycles. The number of anilines is 2. The minimum Gasteiger partial charge on any atom is -0.378 e. The summed E-state index contributed by atoms with van der Waals surface area (Å²) in [7, 11) is 2.21. The van der Waals surface area contributed by atoms with Crippen LogP contribution in [0.5, 0.6) is 0 Å². The highest BCUT2D eigenvalue weighted by atomic mass is 16.5. The first-order chi connectivity index (χ1) is 16.8. The Morgan fingerprint density at radius 2 is 1.68 bits per heavy atom. The summed E-state index contributed by atoms with van der Waals surface area (Å²) in [5.74, 6) is 2.07. The molecule has 0 N–H and O–H groups in total. The molecule has 2 aliphatic rings. The number of morpholine rings is 1. The first-order valence-corrected chi connectivity index (χ1v) is 11.9. The van der Waals surface area contributed by atoms with E-state index in [4.69, 9.17) is 14.8 Å². The lowest BCUT2D eigenvalue weighted by molar-refractivity contribution is 0.122. The standard InChI is InChI=1S/C26H29N7O/c1-30-11-12-32(19-23(30)21-5-3-2-4-6-21)24-18-26(31-13-15-34-16-14-31)33-25(28-24)17-22(29-33)20-7-9-27-10-8-20/h2-10,17-18,23H,11-16,19H2,1H3. The van der Waals surface area contributed by atoms with Gasteiger partial charge in [0.2, 0.25) is 0 Å². The van der Waals surface area contributed by atoms with E-state index in [9.17, 15) is 0 Å². The van der Waals surface area contributed by atoms with Gasteiger partial charge in [-0.25, -0.2) is 4.98 Å². The van der Waals surface area contributed by atoms with Crippen molar-refractivity contribution in [3.05, 3.63) is 72.6 Å². The van der Waals surface area contributed by atoms with E-state index in [1.165, 1.54) is 5.56 Å². The summed E-state index contributed by atoms with van der Waals surface area (Å²) in [5.41, 5.74) is 4.15. The second-order valence-corrected chi connectivity index (χ2v) is 8.96. The normalized spacial score (nSPS) is 19.6. The van der Waals surface area contributed by atoms with Gasteiger partial charge >= 0.3 is 0 Å². The van der Waals surface area contributed by atoms with Crippen LogP contribution in [0.25, 0.3) is 16.9 Å². The zero-order valence-electron chi connectivity index (χ0n) is 19.4. The van der Waals surface area contributed by atoms with E-state index in [1.807, 2.05) is 16.6 Å². The molecular formula is C26H29N7O. The summed E-state index contributed by atoms with van der Waals surface area (Å²) in [6.45, 7) is 5.97. The van der Waals surface area contributed by atoms with Crippen LogP contribution >= 0.6 is 0 Å². The van der Waals surface area contributed by atoms with Crippen LogP contribution in [0.2, 0.25) is 0 Å². The second kappa shape index (κ2) is 9.04. The molecule has 0 saturated carbocycles. The maximum atomic E-state index is 5.62. The van der Waals surface area contributed by atoms with Crippen molar-refractivity contribution in [3.63, 3.8) is 0 Å². The van der Waals surface area contributed by atoms with Crippen LogP contribution in [0, 0.1) is 0 Å². The van der Waals surface area contributed by atoms with Gasteiger partial charge in [0.1, 0.15) is 11.6 Å². The Balaban J connectivity index is 1.40. The van der Waals surface area contributed by atoms with Gasteiger partial charge in [0, 0.05) is 62.8 Å². The lowest BCUT2D eigenvalue weighted by Crippen LogP contribution is -2.47. The van der Waals surface area contributed by atoms with Gasteiger partial charge in [-0.15, -0.1) is 0 Å². The molecule has 2 fully saturated rings. The first kappa shape index (κ1) is 21.1. The van der Waals surface area contributed by atoms with Crippen LogP contribution in [0.4, 0.5) is 11.6 Å². The van der Waals surface area contributed by atoms with Gasteiger partial charge in [-0.3, -0.25) is 9.88 Å². The minimum atomic E-state index is 0.331. The largest absolute Gasteiger partial charge is 0.378 e. The molecule has 8 heteroatoms. The fraction of sp³-hybridized carbons (Fsp3) is 0.346. The smallest absolute Gasteiger partial charge is 0.160 e. The predicted octanol–water partition coefficient (Wildman–Crippen LogP) is 3.12. The van der Waals surface area contributed by atoms with Gasteiger partial charge in [-0.05, 0) is 24.7 Å². The topological polar surface area (TPSA) is 62.0 Å². The molecule has 6 rings (SSSR count). The van der Waals surface area contributed by atoms with Gasteiger partial charge in [0.05, 0.1) is 24.9 Å². The van der Waals surface area contributed by atoms with Crippen molar-refractivity contribution >= 4 is 17.3 Å². The highest BCUT2D eigenvalue weighted by Gasteiger charge is 2.28. The number of rotatable bonds is 4. The molecule has 34 heavy (non-hydrogen) atoms. The summed E-state index contributed by atoms with van der Waals surface area (Å²) < 4.78 is 7.60. The summed E-state index contributed by atoms with van der Waals surface area (Å²) in [6.07, 6.45) is 3.60. The Bertz CT molecular complexity index is 1250. The van der Waals surface area contributed by atoms with Crippen molar-refractivity contribution in [3.8, 4) is 11.3 Å². The van der Waals surface area contributed by atoms with Gasteiger partial charge in [0.15, 0.2) is 5.65 Å². The van der Waals surface area contributed by atoms with Crippen molar-refractivity contribution in [1.29, 1.82) is 0 Å². The van der Waals surface area contributed by atoms with E-state index in [2.05, 4.69) is 69.2 Å². The lowest BCUT2D eigenvalue weighted by Gasteiger charge is -2.40. The predicted molar refractivity (Wildman–Crippen MR) is 133 cm³/mol. The molecular weight excluding hydrogens is 426 g/mol. The molecule has 4 aromatic rings. The summed E-state index contributed by atoms with van der Waals surface area (Å²) in [6, 6.07) is 19.3. The third-order valence-electron chi connectivity index (χ3n) is 6.86. The maximum Gasteiger partial charge on any atom is 0.160 e. The molecule has 0 aliphatic carbocycles. The third kappa shape index (κ3) is 3.99. The summed E-state index contributed by atoms with van der Waals surface area (Å²) in [4.78, 5) is 16.4. The Morgan fingerprint density at radius 3 is 2.47 bits per heavy atom.